The van der Waals surface area contributed by atoms with Crippen molar-refractivity contribution < 1.29 is 30.0 Å². The van der Waals surface area contributed by atoms with Gasteiger partial charge in [-0.2, -0.15) is 0 Å². The maximum atomic E-state index is 13.7. The van der Waals surface area contributed by atoms with Crippen LogP contribution < -0.4 is 11.1 Å². The largest absolute Gasteiger partial charge is 0.465 e. The van der Waals surface area contributed by atoms with E-state index in [1.165, 1.54) is 6.92 Å². The maximum Gasteiger partial charge on any atom is 0.410 e. The number of carboxylic acid groups (broad SMARTS) is 1. The predicted molar refractivity (Wildman–Crippen MR) is 150 cm³/mol. The van der Waals surface area contributed by atoms with Gasteiger partial charge in [0.1, 0.15) is 11.8 Å². The van der Waals surface area contributed by atoms with Gasteiger partial charge in [-0.15, -0.1) is 0 Å². The van der Waals surface area contributed by atoms with Crippen molar-refractivity contribution in [2.45, 2.75) is 68.7 Å². The molecule has 9 nitrogen and oxygen atoms in total. The van der Waals surface area contributed by atoms with Gasteiger partial charge in [0.2, 0.25) is 0 Å². The molecular formula is C31H37N3O6. The molecule has 0 saturated heterocycles. The topological polar surface area (TPSA) is 156 Å². The fourth-order valence-electron chi connectivity index (χ4n) is 5.44. The van der Waals surface area contributed by atoms with Gasteiger partial charge in [-0.05, 0) is 54.9 Å². The first-order valence-electron chi connectivity index (χ1n) is 13.4. The van der Waals surface area contributed by atoms with Crippen molar-refractivity contribution >= 4 is 12.0 Å². The Balaban J connectivity index is 1.71. The molecule has 1 aliphatic rings. The highest BCUT2D eigenvalue weighted by atomic mass is 16.4. The van der Waals surface area contributed by atoms with E-state index in [2.05, 4.69) is 5.32 Å². The van der Waals surface area contributed by atoms with Crippen molar-refractivity contribution in [2.75, 3.05) is 0 Å². The first kappa shape index (κ1) is 29.2. The highest BCUT2D eigenvalue weighted by Crippen LogP contribution is 2.37. The lowest BCUT2D eigenvalue weighted by molar-refractivity contribution is -0.147. The molecule has 1 aliphatic carbocycles. The third kappa shape index (κ3) is 6.03. The van der Waals surface area contributed by atoms with Crippen LogP contribution in [0, 0.1) is 0 Å². The zero-order valence-corrected chi connectivity index (χ0v) is 22.5. The number of fused-ring (bicyclic) bond motifs is 1. The fraction of sp³-hybridized carbons (Fsp3) is 0.355. The van der Waals surface area contributed by atoms with Gasteiger partial charge in [-0.3, -0.25) is 9.69 Å². The molecule has 2 amide bonds. The van der Waals surface area contributed by atoms with Gasteiger partial charge < -0.3 is 31.5 Å². The van der Waals surface area contributed by atoms with E-state index >= 15 is 0 Å². The smallest absolute Gasteiger partial charge is 0.410 e. The Bertz CT molecular complexity index is 1300. The molecule has 0 saturated carbocycles. The summed E-state index contributed by atoms with van der Waals surface area (Å²) >= 11 is 0. The summed E-state index contributed by atoms with van der Waals surface area (Å²) in [6.07, 6.45) is -4.98. The second kappa shape index (κ2) is 12.2. The van der Waals surface area contributed by atoms with E-state index in [1.807, 2.05) is 42.5 Å². The summed E-state index contributed by atoms with van der Waals surface area (Å²) in [4.78, 5) is 27.3. The number of nitrogens with two attached hydrogens (primary N) is 1. The number of aryl methyl sites for hydroxylation is 2. The van der Waals surface area contributed by atoms with Gasteiger partial charge in [-0.1, -0.05) is 84.9 Å². The summed E-state index contributed by atoms with van der Waals surface area (Å²) in [6.45, 7) is 1.37. The van der Waals surface area contributed by atoms with Crippen LogP contribution >= 0.6 is 0 Å². The second-order valence-electron chi connectivity index (χ2n) is 10.5. The summed E-state index contributed by atoms with van der Waals surface area (Å²) in [5, 5.41) is 46.8. The number of rotatable bonds is 11. The summed E-state index contributed by atoms with van der Waals surface area (Å²) in [7, 11) is 0. The number of nitrogens with one attached hydrogen (secondary N) is 1. The van der Waals surface area contributed by atoms with Gasteiger partial charge in [0.25, 0.3) is 5.91 Å². The van der Waals surface area contributed by atoms with Gasteiger partial charge in [0.15, 0.2) is 5.60 Å². The average molecular weight is 548 g/mol. The molecule has 0 aliphatic heterocycles. The number of hydrogen-bond acceptors (Lipinski definition) is 6. The van der Waals surface area contributed by atoms with Crippen LogP contribution in [0.15, 0.2) is 84.9 Å². The quantitative estimate of drug-likeness (QED) is 0.201. The number of carbonyl (C=O) groups is 2. The van der Waals surface area contributed by atoms with Crippen molar-refractivity contribution in [2.24, 2.45) is 5.73 Å². The van der Waals surface area contributed by atoms with E-state index in [9.17, 15) is 30.0 Å². The normalized spacial score (nSPS) is 20.0. The summed E-state index contributed by atoms with van der Waals surface area (Å²) < 4.78 is 0. The van der Waals surface area contributed by atoms with E-state index in [4.69, 9.17) is 5.73 Å². The fourth-order valence-corrected chi connectivity index (χ4v) is 5.44. The minimum atomic E-state index is -1.94. The van der Waals surface area contributed by atoms with Crippen LogP contribution in [0.1, 0.15) is 42.0 Å². The highest BCUT2D eigenvalue weighted by Gasteiger charge is 2.50. The number of amides is 2. The van der Waals surface area contributed by atoms with Crippen molar-refractivity contribution in [3.63, 3.8) is 0 Å². The molecule has 5 atom stereocenters. The predicted octanol–water partition coefficient (Wildman–Crippen LogP) is 2.51. The number of aliphatic hydroxyl groups is 3. The standard InChI is InChI=1S/C31H37N3O6/c1-21(35)31(32,20-23-12-6-3-7-13-23)34(29(38)39)27(26(36)17-16-22-10-4-2-5-11-22)33-28(37)30(40)19-18-24-14-8-9-15-25(24)30/h2-15,21,26-27,35-36,40H,16-20,32H2,1H3,(H,33,37)(H,38,39). The van der Waals surface area contributed by atoms with Crippen LogP contribution in [0.3, 0.4) is 0 Å². The average Bonchev–Trinajstić information content (AvgIpc) is 3.30. The molecule has 3 aromatic rings. The first-order valence-corrected chi connectivity index (χ1v) is 13.4. The molecule has 0 aromatic heterocycles. The number of hydrogen-bond donors (Lipinski definition) is 6. The van der Waals surface area contributed by atoms with E-state index in [0.717, 1.165) is 16.0 Å². The van der Waals surface area contributed by atoms with Gasteiger partial charge in [0.05, 0.1) is 12.2 Å². The van der Waals surface area contributed by atoms with Crippen molar-refractivity contribution in [3.8, 4) is 0 Å². The molecular weight excluding hydrogens is 510 g/mol. The third-order valence-corrected chi connectivity index (χ3v) is 7.80. The molecule has 3 aromatic carbocycles. The van der Waals surface area contributed by atoms with E-state index < -0.39 is 41.6 Å². The number of carbonyl (C=O) groups excluding carboxylic acids is 1. The highest BCUT2D eigenvalue weighted by molar-refractivity contribution is 5.88. The zero-order chi connectivity index (χ0) is 28.9. The van der Waals surface area contributed by atoms with Crippen LogP contribution in [0.5, 0.6) is 0 Å². The number of benzene rings is 3. The zero-order valence-electron chi connectivity index (χ0n) is 22.5. The Morgan fingerprint density at radius 3 is 2.15 bits per heavy atom. The lowest BCUT2D eigenvalue weighted by Crippen LogP contribution is -2.73. The van der Waals surface area contributed by atoms with E-state index in [-0.39, 0.29) is 19.3 Å². The van der Waals surface area contributed by atoms with E-state index in [1.54, 1.807) is 42.5 Å². The molecule has 0 heterocycles. The molecule has 5 unspecified atom stereocenters. The number of aliphatic hydroxyl groups excluding tert-OH is 2. The monoisotopic (exact) mass is 547 g/mol. The summed E-state index contributed by atoms with van der Waals surface area (Å²) in [6, 6.07) is 25.2. The Labute approximate surface area is 233 Å². The minimum absolute atomic E-state index is 0.0784. The molecule has 0 radical (unpaired) electrons. The molecule has 0 spiro atoms. The Morgan fingerprint density at radius 1 is 0.975 bits per heavy atom. The maximum absolute atomic E-state index is 13.7. The third-order valence-electron chi connectivity index (χ3n) is 7.80. The van der Waals surface area contributed by atoms with Crippen LogP contribution in [0.4, 0.5) is 4.79 Å². The van der Waals surface area contributed by atoms with Crippen LogP contribution in [-0.2, 0) is 29.7 Å². The van der Waals surface area contributed by atoms with Gasteiger partial charge >= 0.3 is 6.09 Å². The molecule has 4 rings (SSSR count). The lowest BCUT2D eigenvalue weighted by Gasteiger charge is -2.47. The van der Waals surface area contributed by atoms with Crippen molar-refractivity contribution in [3.05, 3.63) is 107 Å². The van der Waals surface area contributed by atoms with Crippen molar-refractivity contribution in [1.29, 1.82) is 0 Å². The molecule has 7 N–H and O–H groups in total. The van der Waals surface area contributed by atoms with Crippen LogP contribution in [0.25, 0.3) is 0 Å². The molecule has 212 valence electrons. The lowest BCUT2D eigenvalue weighted by atomic mass is 9.91. The molecule has 9 heteroatoms. The molecule has 0 bridgehead atoms. The number of nitrogens with zero attached hydrogens (tertiary/aromatic N) is 1. The molecule has 0 fully saturated rings. The van der Waals surface area contributed by atoms with Gasteiger partial charge in [0, 0.05) is 6.42 Å². The van der Waals surface area contributed by atoms with Crippen LogP contribution in [-0.4, -0.2) is 61.4 Å². The second-order valence-corrected chi connectivity index (χ2v) is 10.5. The molecule has 40 heavy (non-hydrogen) atoms. The summed E-state index contributed by atoms with van der Waals surface area (Å²) in [5.41, 5.74) is 5.64. The Hall–Kier alpha value is -3.76. The summed E-state index contributed by atoms with van der Waals surface area (Å²) in [5.74, 6) is -0.847. The van der Waals surface area contributed by atoms with E-state index in [0.29, 0.717) is 24.0 Å². The SMILES string of the molecule is CC(O)C(N)(Cc1ccccc1)N(C(=O)O)C(NC(=O)C1(O)CCc2ccccc21)C(O)CCc1ccccc1. The van der Waals surface area contributed by atoms with Crippen molar-refractivity contribution in [1.82, 2.24) is 10.2 Å². The minimum Gasteiger partial charge on any atom is -0.465 e. The Kier molecular flexibility index (Phi) is 8.90. The first-order chi connectivity index (χ1) is 19.1. The van der Waals surface area contributed by atoms with Crippen LogP contribution in [0.2, 0.25) is 0 Å². The Morgan fingerprint density at radius 2 is 1.55 bits per heavy atom. The van der Waals surface area contributed by atoms with Gasteiger partial charge in [-0.25, -0.2) is 4.79 Å².